The number of allylic oxidation sites excluding steroid dienone is 2. The largest absolute Gasteiger partial charge is 0.303 e. The Morgan fingerprint density at radius 1 is 1.16 bits per heavy atom. The zero-order valence-corrected chi connectivity index (χ0v) is 11.6. The zero-order chi connectivity index (χ0) is 13.6. The Bertz CT molecular complexity index is 643. The van der Waals surface area contributed by atoms with Crippen molar-refractivity contribution in [3.05, 3.63) is 40.8 Å². The molecule has 100 valence electrons. The van der Waals surface area contributed by atoms with E-state index in [4.69, 9.17) is 0 Å². The molecule has 2 aliphatic carbocycles. The van der Waals surface area contributed by atoms with Crippen molar-refractivity contribution in [3.8, 4) is 0 Å². The van der Waals surface area contributed by atoms with Crippen LogP contribution in [-0.2, 0) is 14.6 Å². The van der Waals surface area contributed by atoms with Gasteiger partial charge in [-0.15, -0.1) is 0 Å². The first-order valence-electron chi connectivity index (χ1n) is 6.51. The Balaban J connectivity index is 2.10. The first-order valence-corrected chi connectivity index (χ1v) is 8.00. The first-order chi connectivity index (χ1) is 9.05. The molecule has 3 rings (SSSR count). The minimum absolute atomic E-state index is 0.104. The molecule has 0 radical (unpaired) electrons. The second kappa shape index (κ2) is 4.30. The lowest BCUT2D eigenvalue weighted by atomic mass is 9.91. The van der Waals surface area contributed by atoms with E-state index < -0.39 is 9.84 Å². The highest BCUT2D eigenvalue weighted by Gasteiger charge is 2.48. The van der Waals surface area contributed by atoms with Crippen LogP contribution in [0.4, 0.5) is 0 Å². The Kier molecular flexibility index (Phi) is 2.86. The summed E-state index contributed by atoms with van der Waals surface area (Å²) in [5.41, 5.74) is 0.965. The summed E-state index contributed by atoms with van der Waals surface area (Å²) in [6, 6.07) is 8.50. The quantitative estimate of drug-likeness (QED) is 0.797. The van der Waals surface area contributed by atoms with Crippen LogP contribution in [0.1, 0.15) is 19.8 Å². The average Bonchev–Trinajstić information content (AvgIpc) is 2.97. The average molecular weight is 276 g/mol. The molecule has 1 fully saturated rings. The standard InChI is InChI=1S/C15H16O3S/c1-10-11-7-12(9-16)14(8-11)15(10)19(17,18)13-5-3-2-4-6-13/h2-6,9,11-12,14H,7-8H2,1H3/t11-,12+,14-/m0/s1. The second-order valence-electron chi connectivity index (χ2n) is 5.44. The third-order valence-corrected chi connectivity index (χ3v) is 6.56. The maximum Gasteiger partial charge on any atom is 0.203 e. The molecule has 3 nitrogen and oxygen atoms in total. The third kappa shape index (κ3) is 1.77. The Morgan fingerprint density at radius 2 is 1.84 bits per heavy atom. The first kappa shape index (κ1) is 12.6. The summed E-state index contributed by atoms with van der Waals surface area (Å²) in [7, 11) is -3.44. The maximum atomic E-state index is 12.7. The monoisotopic (exact) mass is 276 g/mol. The van der Waals surface area contributed by atoms with Crippen LogP contribution in [0.5, 0.6) is 0 Å². The lowest BCUT2D eigenvalue weighted by molar-refractivity contribution is -0.111. The highest BCUT2D eigenvalue weighted by molar-refractivity contribution is 7.95. The van der Waals surface area contributed by atoms with Crippen molar-refractivity contribution < 1.29 is 13.2 Å². The van der Waals surface area contributed by atoms with Crippen molar-refractivity contribution in [2.45, 2.75) is 24.7 Å². The van der Waals surface area contributed by atoms with Gasteiger partial charge >= 0.3 is 0 Å². The van der Waals surface area contributed by atoms with Crippen LogP contribution in [-0.4, -0.2) is 14.7 Å². The molecule has 0 unspecified atom stereocenters. The van der Waals surface area contributed by atoms with Crippen molar-refractivity contribution in [1.82, 2.24) is 0 Å². The molecule has 1 aromatic rings. The van der Waals surface area contributed by atoms with Gasteiger partial charge in [-0.1, -0.05) is 23.8 Å². The number of carbonyl (C=O) groups is 1. The number of benzene rings is 1. The number of fused-ring (bicyclic) bond motifs is 2. The molecular formula is C15H16O3S. The lowest BCUT2D eigenvalue weighted by Gasteiger charge is -2.22. The van der Waals surface area contributed by atoms with Crippen LogP contribution in [0, 0.1) is 17.8 Å². The topological polar surface area (TPSA) is 51.2 Å². The predicted octanol–water partition coefficient (Wildman–Crippen LogP) is 2.59. The molecule has 2 bridgehead atoms. The zero-order valence-electron chi connectivity index (χ0n) is 10.7. The van der Waals surface area contributed by atoms with Gasteiger partial charge in [0, 0.05) is 11.8 Å². The predicted molar refractivity (Wildman–Crippen MR) is 72.1 cm³/mol. The molecule has 0 N–H and O–H groups in total. The fourth-order valence-corrected chi connectivity index (χ4v) is 5.54. The molecular weight excluding hydrogens is 260 g/mol. The maximum absolute atomic E-state index is 12.7. The van der Waals surface area contributed by atoms with Gasteiger partial charge in [-0.25, -0.2) is 8.42 Å². The van der Waals surface area contributed by atoms with E-state index in [2.05, 4.69) is 0 Å². The van der Waals surface area contributed by atoms with Gasteiger partial charge in [0.25, 0.3) is 0 Å². The van der Waals surface area contributed by atoms with E-state index in [-0.39, 0.29) is 17.8 Å². The summed E-state index contributed by atoms with van der Waals surface area (Å²) in [6.45, 7) is 1.90. The molecule has 1 aromatic carbocycles. The fraction of sp³-hybridized carbons (Fsp3) is 0.400. The normalized spacial score (nSPS) is 29.8. The molecule has 0 aliphatic heterocycles. The Labute approximate surface area is 113 Å². The van der Waals surface area contributed by atoms with Crippen molar-refractivity contribution in [3.63, 3.8) is 0 Å². The summed E-state index contributed by atoms with van der Waals surface area (Å²) >= 11 is 0. The fourth-order valence-electron chi connectivity index (χ4n) is 3.51. The van der Waals surface area contributed by atoms with E-state index in [0.29, 0.717) is 9.80 Å². The lowest BCUT2D eigenvalue weighted by Crippen LogP contribution is -2.21. The Hall–Kier alpha value is -1.42. The minimum Gasteiger partial charge on any atom is -0.303 e. The van der Waals surface area contributed by atoms with Crippen LogP contribution >= 0.6 is 0 Å². The number of hydrogen-bond donors (Lipinski definition) is 0. The van der Waals surface area contributed by atoms with Gasteiger partial charge in [0.2, 0.25) is 9.84 Å². The van der Waals surface area contributed by atoms with Crippen molar-refractivity contribution in [2.24, 2.45) is 17.8 Å². The smallest absolute Gasteiger partial charge is 0.203 e. The van der Waals surface area contributed by atoms with Gasteiger partial charge in [0.1, 0.15) is 6.29 Å². The van der Waals surface area contributed by atoms with Gasteiger partial charge in [0.15, 0.2) is 0 Å². The van der Waals surface area contributed by atoms with Crippen LogP contribution < -0.4 is 0 Å². The van der Waals surface area contributed by atoms with Gasteiger partial charge < -0.3 is 4.79 Å². The Morgan fingerprint density at radius 3 is 2.42 bits per heavy atom. The number of aldehydes is 1. The molecule has 0 spiro atoms. The highest BCUT2D eigenvalue weighted by atomic mass is 32.2. The van der Waals surface area contributed by atoms with E-state index in [1.165, 1.54) is 0 Å². The SMILES string of the molecule is CC1=C(S(=O)(=O)c2ccccc2)[C@H]2C[C@@H]1C[C@@H]2C=O. The van der Waals surface area contributed by atoms with Crippen molar-refractivity contribution in [2.75, 3.05) is 0 Å². The molecule has 0 heterocycles. The van der Waals surface area contributed by atoms with Crippen molar-refractivity contribution >= 4 is 16.1 Å². The highest BCUT2D eigenvalue weighted by Crippen LogP contribution is 2.53. The third-order valence-electron chi connectivity index (χ3n) is 4.47. The summed E-state index contributed by atoms with van der Waals surface area (Å²) in [5, 5.41) is 0. The van der Waals surface area contributed by atoms with Gasteiger partial charge in [-0.3, -0.25) is 0 Å². The number of hydrogen-bond acceptors (Lipinski definition) is 3. The number of rotatable bonds is 3. The summed E-state index contributed by atoms with van der Waals surface area (Å²) < 4.78 is 25.4. The van der Waals surface area contributed by atoms with E-state index in [1.54, 1.807) is 30.3 Å². The second-order valence-corrected chi connectivity index (χ2v) is 7.36. The number of sulfone groups is 1. The van der Waals surface area contributed by atoms with E-state index in [0.717, 1.165) is 24.7 Å². The summed E-state index contributed by atoms with van der Waals surface area (Å²) in [6.07, 6.45) is 2.56. The molecule has 0 saturated heterocycles. The minimum atomic E-state index is -3.44. The summed E-state index contributed by atoms with van der Waals surface area (Å²) in [5.74, 6) is 0.0450. The molecule has 19 heavy (non-hydrogen) atoms. The van der Waals surface area contributed by atoms with E-state index in [1.807, 2.05) is 6.92 Å². The van der Waals surface area contributed by atoms with Crippen LogP contribution in [0.25, 0.3) is 0 Å². The van der Waals surface area contributed by atoms with Crippen molar-refractivity contribution in [1.29, 1.82) is 0 Å². The molecule has 1 saturated carbocycles. The molecule has 3 atom stereocenters. The van der Waals surface area contributed by atoms with E-state index in [9.17, 15) is 13.2 Å². The molecule has 2 aliphatic rings. The van der Waals surface area contributed by atoms with Crippen LogP contribution in [0.2, 0.25) is 0 Å². The van der Waals surface area contributed by atoms with E-state index >= 15 is 0 Å². The van der Waals surface area contributed by atoms with Gasteiger partial charge in [-0.2, -0.15) is 0 Å². The summed E-state index contributed by atoms with van der Waals surface area (Å²) in [4.78, 5) is 11.9. The number of carbonyl (C=O) groups excluding carboxylic acids is 1. The van der Waals surface area contributed by atoms with Crippen LogP contribution in [0.15, 0.2) is 45.7 Å². The van der Waals surface area contributed by atoms with Crippen LogP contribution in [0.3, 0.4) is 0 Å². The molecule has 0 aromatic heterocycles. The van der Waals surface area contributed by atoms with Gasteiger partial charge in [-0.05, 0) is 37.8 Å². The van der Waals surface area contributed by atoms with Gasteiger partial charge in [0.05, 0.1) is 9.80 Å². The molecule has 4 heteroatoms. The molecule has 0 amide bonds.